The fourth-order valence-corrected chi connectivity index (χ4v) is 5.97. The van der Waals surface area contributed by atoms with Gasteiger partial charge in [0.05, 0.1) is 21.2 Å². The highest BCUT2D eigenvalue weighted by molar-refractivity contribution is 7.16. The van der Waals surface area contributed by atoms with Gasteiger partial charge in [0.25, 0.3) is 0 Å². The van der Waals surface area contributed by atoms with Crippen LogP contribution in [0.5, 0.6) is 11.5 Å². The van der Waals surface area contributed by atoms with E-state index >= 15 is 0 Å². The Hall–Kier alpha value is -3.62. The van der Waals surface area contributed by atoms with Crippen molar-refractivity contribution in [3.63, 3.8) is 0 Å². The Kier molecular flexibility index (Phi) is 7.06. The maximum atomic E-state index is 12.7. The van der Waals surface area contributed by atoms with E-state index in [0.29, 0.717) is 40.5 Å². The maximum Gasteiger partial charge on any atom is 0.194 e. The molecule has 5 rings (SSSR count). The summed E-state index contributed by atoms with van der Waals surface area (Å²) in [5.41, 5.74) is 4.36. The topological polar surface area (TPSA) is 88.9 Å². The lowest BCUT2D eigenvalue weighted by molar-refractivity contribution is 0.0984. The molecule has 1 N–H and O–H groups in total. The second kappa shape index (κ2) is 10.6. The molecule has 182 valence electrons. The van der Waals surface area contributed by atoms with E-state index in [1.165, 1.54) is 22.7 Å². The normalized spacial score (nSPS) is 12.9. The van der Waals surface area contributed by atoms with Gasteiger partial charge < -0.3 is 9.84 Å². The van der Waals surface area contributed by atoms with Gasteiger partial charge in [0.1, 0.15) is 18.0 Å². The van der Waals surface area contributed by atoms with Gasteiger partial charge in [-0.15, -0.1) is 22.7 Å². The first-order valence-corrected chi connectivity index (χ1v) is 13.3. The van der Waals surface area contributed by atoms with E-state index < -0.39 is 0 Å². The van der Waals surface area contributed by atoms with Crippen LogP contribution in [0.4, 0.5) is 0 Å². The number of benzene rings is 1. The van der Waals surface area contributed by atoms with Crippen LogP contribution < -0.4 is 4.74 Å². The molecule has 3 aromatic heterocycles. The van der Waals surface area contributed by atoms with Gasteiger partial charge in [-0.3, -0.25) is 19.6 Å². The summed E-state index contributed by atoms with van der Waals surface area (Å²) in [5, 5.41) is 12.7. The molecule has 1 aliphatic heterocycles. The number of aliphatic imine (C=N–C) groups is 1. The number of aromatic hydroxyl groups is 1. The number of carbonyl (C=O) groups is 2. The number of ether oxygens (including phenoxy) is 1. The first-order valence-electron chi connectivity index (χ1n) is 11.6. The molecule has 0 saturated carbocycles. The Morgan fingerprint density at radius 2 is 1.86 bits per heavy atom. The van der Waals surface area contributed by atoms with Gasteiger partial charge in [-0.25, -0.2) is 0 Å². The van der Waals surface area contributed by atoms with Crippen molar-refractivity contribution in [1.82, 2.24) is 4.98 Å². The van der Waals surface area contributed by atoms with Crippen molar-refractivity contribution in [1.29, 1.82) is 0 Å². The van der Waals surface area contributed by atoms with Crippen LogP contribution in [-0.4, -0.2) is 40.5 Å². The number of hydrogen-bond acceptors (Lipinski definition) is 8. The molecule has 0 fully saturated rings. The number of aromatic nitrogens is 1. The van der Waals surface area contributed by atoms with Crippen LogP contribution in [0.2, 0.25) is 0 Å². The molecular weight excluding hydrogens is 492 g/mol. The minimum Gasteiger partial charge on any atom is -0.506 e. The highest BCUT2D eigenvalue weighted by Crippen LogP contribution is 2.41. The Bertz CT molecular complexity index is 1450. The predicted octanol–water partition coefficient (Wildman–Crippen LogP) is 6.02. The molecule has 0 radical (unpaired) electrons. The number of aryl methyl sites for hydroxylation is 1. The molecule has 36 heavy (non-hydrogen) atoms. The largest absolute Gasteiger partial charge is 0.506 e. The lowest BCUT2D eigenvalue weighted by Crippen LogP contribution is -2.04. The first kappa shape index (κ1) is 24.1. The Labute approximate surface area is 217 Å². The van der Waals surface area contributed by atoms with Crippen LogP contribution in [0.15, 0.2) is 65.2 Å². The second-order valence-electron chi connectivity index (χ2n) is 8.52. The highest BCUT2D eigenvalue weighted by atomic mass is 32.1. The first-order chi connectivity index (χ1) is 17.5. The van der Waals surface area contributed by atoms with Crippen LogP contribution in [0.3, 0.4) is 0 Å². The smallest absolute Gasteiger partial charge is 0.194 e. The number of pyridine rings is 1. The summed E-state index contributed by atoms with van der Waals surface area (Å²) in [6.07, 6.45) is 5.31. The van der Waals surface area contributed by atoms with Crippen LogP contribution >= 0.6 is 22.7 Å². The Morgan fingerprint density at radius 1 is 1.08 bits per heavy atom. The summed E-state index contributed by atoms with van der Waals surface area (Å²) in [6.45, 7) is 2.43. The number of fused-ring (bicyclic) bond motifs is 1. The lowest BCUT2D eigenvalue weighted by atomic mass is 10.1. The summed E-state index contributed by atoms with van der Waals surface area (Å²) < 4.78 is 5.57. The van der Waals surface area contributed by atoms with Crippen molar-refractivity contribution in [2.75, 3.05) is 13.2 Å². The van der Waals surface area contributed by atoms with E-state index in [0.717, 1.165) is 33.7 Å². The third-order valence-corrected chi connectivity index (χ3v) is 8.30. The number of carbonyl (C=O) groups excluding carboxylic acids is 2. The fourth-order valence-electron chi connectivity index (χ4n) is 4.06. The van der Waals surface area contributed by atoms with Gasteiger partial charge in [0.15, 0.2) is 11.6 Å². The monoisotopic (exact) mass is 516 g/mol. The number of nitrogens with zero attached hydrogens (tertiary/aromatic N) is 2. The third-order valence-electron chi connectivity index (χ3n) is 6.11. The molecule has 1 aromatic carbocycles. The van der Waals surface area contributed by atoms with E-state index in [9.17, 15) is 14.7 Å². The molecule has 4 aromatic rings. The fraction of sp³-hybridized carbons (Fsp3) is 0.214. The summed E-state index contributed by atoms with van der Waals surface area (Å²) in [4.78, 5) is 35.6. The molecule has 8 heteroatoms. The van der Waals surface area contributed by atoms with Crippen molar-refractivity contribution in [3.8, 4) is 21.9 Å². The van der Waals surface area contributed by atoms with Gasteiger partial charge >= 0.3 is 0 Å². The lowest BCUT2D eigenvalue weighted by Gasteiger charge is -2.04. The molecule has 0 amide bonds. The second-order valence-corrected chi connectivity index (χ2v) is 10.5. The minimum atomic E-state index is -0.152. The van der Waals surface area contributed by atoms with E-state index in [2.05, 4.69) is 16.0 Å². The van der Waals surface area contributed by atoms with Crippen LogP contribution in [-0.2, 0) is 12.8 Å². The van der Waals surface area contributed by atoms with Crippen molar-refractivity contribution in [2.45, 2.75) is 26.2 Å². The van der Waals surface area contributed by atoms with E-state index in [-0.39, 0.29) is 23.9 Å². The zero-order chi connectivity index (χ0) is 25.1. The minimum absolute atomic E-state index is 0.0180. The number of thiophene rings is 2. The van der Waals surface area contributed by atoms with Crippen LogP contribution in [0.1, 0.15) is 49.4 Å². The Morgan fingerprint density at radius 3 is 2.67 bits per heavy atom. The summed E-state index contributed by atoms with van der Waals surface area (Å²) in [7, 11) is 0. The van der Waals surface area contributed by atoms with Gasteiger partial charge in [0, 0.05) is 41.9 Å². The standard InChI is InChI=1S/C28H24N2O4S2/c1-17(21-16-35-28(27(21)33)20-3-5-24-19(14-20)10-13-34-24)30-15-23(32)26-7-6-25(36-26)22(31)4-2-18-8-11-29-12-9-18/h3,5-9,11-12,14,16,33H,2,4,10,13,15H2,1H3. The molecule has 1 aliphatic rings. The van der Waals surface area contributed by atoms with E-state index in [4.69, 9.17) is 4.74 Å². The SMILES string of the molecule is CC(=NCC(=O)c1ccc(C(=O)CCc2ccncc2)s1)c1csc(-c2ccc3c(c2)CCO3)c1O. The van der Waals surface area contributed by atoms with Crippen molar-refractivity contribution in [2.24, 2.45) is 4.99 Å². The number of rotatable bonds is 9. The van der Waals surface area contributed by atoms with Crippen molar-refractivity contribution in [3.05, 3.63) is 86.7 Å². The molecule has 4 heterocycles. The van der Waals surface area contributed by atoms with Gasteiger partial charge in [-0.05, 0) is 72.5 Å². The highest BCUT2D eigenvalue weighted by Gasteiger charge is 2.19. The van der Waals surface area contributed by atoms with Gasteiger partial charge in [-0.1, -0.05) is 0 Å². The molecule has 6 nitrogen and oxygen atoms in total. The third kappa shape index (κ3) is 5.15. The number of Topliss-reactive ketones (excluding diaryl/α,β-unsaturated/α-hetero) is 2. The molecule has 0 spiro atoms. The van der Waals surface area contributed by atoms with E-state index in [1.807, 2.05) is 29.6 Å². The molecule has 0 aliphatic carbocycles. The van der Waals surface area contributed by atoms with Crippen LogP contribution in [0, 0.1) is 0 Å². The molecule has 0 saturated heterocycles. The average molecular weight is 517 g/mol. The van der Waals surface area contributed by atoms with E-state index in [1.54, 1.807) is 31.5 Å². The zero-order valence-corrected chi connectivity index (χ0v) is 21.3. The number of hydrogen-bond donors (Lipinski definition) is 1. The maximum absolute atomic E-state index is 12.7. The number of ketones is 2. The molecule has 0 unspecified atom stereocenters. The van der Waals surface area contributed by atoms with Gasteiger partial charge in [-0.2, -0.15) is 0 Å². The molecule has 0 atom stereocenters. The summed E-state index contributed by atoms with van der Waals surface area (Å²) in [6, 6.07) is 13.1. The predicted molar refractivity (Wildman–Crippen MR) is 143 cm³/mol. The summed E-state index contributed by atoms with van der Waals surface area (Å²) >= 11 is 2.66. The quantitative estimate of drug-likeness (QED) is 0.217. The summed E-state index contributed by atoms with van der Waals surface area (Å²) in [5.74, 6) is 0.940. The molecular formula is C28H24N2O4S2. The average Bonchev–Trinajstić information content (AvgIpc) is 3.65. The molecule has 0 bridgehead atoms. The van der Waals surface area contributed by atoms with Crippen molar-refractivity contribution >= 4 is 40.0 Å². The zero-order valence-electron chi connectivity index (χ0n) is 19.7. The Balaban J connectivity index is 1.22. The van der Waals surface area contributed by atoms with Gasteiger partial charge in [0.2, 0.25) is 0 Å². The van der Waals surface area contributed by atoms with Crippen molar-refractivity contribution < 1.29 is 19.4 Å². The van der Waals surface area contributed by atoms with Crippen LogP contribution in [0.25, 0.3) is 10.4 Å².